The third-order valence-corrected chi connectivity index (χ3v) is 1.73. The number of benzene rings is 1. The molecule has 64 valence electrons. The first-order valence-electron chi connectivity index (χ1n) is 3.60. The summed E-state index contributed by atoms with van der Waals surface area (Å²) in [6.07, 6.45) is 0. The number of halogens is 1. The van der Waals surface area contributed by atoms with Crippen molar-refractivity contribution >= 4 is 39.0 Å². The van der Waals surface area contributed by atoms with Gasteiger partial charge in [0, 0.05) is 0 Å². The first-order valence-corrected chi connectivity index (χ1v) is 5.13. The fourth-order valence-corrected chi connectivity index (χ4v) is 1.09. The zero-order valence-corrected chi connectivity index (χ0v) is 9.15. The zero-order chi connectivity index (χ0) is 9.52. The van der Waals surface area contributed by atoms with E-state index >= 15 is 0 Å². The number of rotatable bonds is 1. The summed E-state index contributed by atoms with van der Waals surface area (Å²) in [5, 5.41) is 2.99. The standard InChI is InChI=1S/C10H6BrNS/c11-7-3-5-9-4-1-2-6-10(9)12-8-13/h1-2,4,6H,7H2. The number of nitrogens with zero attached hydrogens (tertiary/aromatic N) is 1. The van der Waals surface area contributed by atoms with Gasteiger partial charge in [0.25, 0.3) is 0 Å². The predicted octanol–water partition coefficient (Wildman–Crippen LogP) is 3.17. The third kappa shape index (κ3) is 3.12. The van der Waals surface area contributed by atoms with E-state index in [1.54, 1.807) is 0 Å². The van der Waals surface area contributed by atoms with Gasteiger partial charge in [-0.25, -0.2) is 0 Å². The van der Waals surface area contributed by atoms with Gasteiger partial charge >= 0.3 is 0 Å². The molecule has 1 aromatic carbocycles. The van der Waals surface area contributed by atoms with E-state index in [2.05, 4.69) is 50.1 Å². The maximum atomic E-state index is 4.53. The van der Waals surface area contributed by atoms with Crippen LogP contribution in [0.1, 0.15) is 5.56 Å². The monoisotopic (exact) mass is 251 g/mol. The van der Waals surface area contributed by atoms with Crippen molar-refractivity contribution in [3.63, 3.8) is 0 Å². The Morgan fingerprint density at radius 1 is 1.38 bits per heavy atom. The van der Waals surface area contributed by atoms with Gasteiger partial charge in [-0.1, -0.05) is 39.9 Å². The Hall–Kier alpha value is -0.940. The van der Waals surface area contributed by atoms with E-state index in [-0.39, 0.29) is 0 Å². The first-order chi connectivity index (χ1) is 6.38. The molecule has 0 aromatic heterocycles. The molecule has 1 aromatic rings. The lowest BCUT2D eigenvalue weighted by Crippen LogP contribution is -1.75. The minimum absolute atomic E-state index is 0.655. The van der Waals surface area contributed by atoms with Crippen LogP contribution in [0.5, 0.6) is 0 Å². The van der Waals surface area contributed by atoms with Crippen LogP contribution < -0.4 is 0 Å². The fourth-order valence-electron chi connectivity index (χ4n) is 0.855. The Labute approximate surface area is 91.0 Å². The minimum atomic E-state index is 0.655. The van der Waals surface area contributed by atoms with E-state index in [1.165, 1.54) is 0 Å². The van der Waals surface area contributed by atoms with Crippen molar-refractivity contribution in [2.24, 2.45) is 4.99 Å². The van der Waals surface area contributed by atoms with Crippen LogP contribution in [0.4, 0.5) is 5.69 Å². The molecular formula is C10H6BrNS. The molecule has 0 amide bonds. The Morgan fingerprint density at radius 3 is 2.85 bits per heavy atom. The molecule has 0 fully saturated rings. The predicted molar refractivity (Wildman–Crippen MR) is 61.8 cm³/mol. The van der Waals surface area contributed by atoms with Gasteiger partial charge in [-0.3, -0.25) is 0 Å². The molecule has 0 heterocycles. The molecule has 0 N–H and O–H groups in total. The quantitative estimate of drug-likeness (QED) is 0.323. The van der Waals surface area contributed by atoms with Crippen LogP contribution in [0, 0.1) is 11.8 Å². The van der Waals surface area contributed by atoms with Crippen molar-refractivity contribution in [3.8, 4) is 11.8 Å². The highest BCUT2D eigenvalue weighted by Gasteiger charge is 1.93. The highest BCUT2D eigenvalue weighted by Crippen LogP contribution is 2.16. The molecule has 0 atom stereocenters. The Kier molecular flexibility index (Phi) is 4.42. The van der Waals surface area contributed by atoms with Gasteiger partial charge in [0.1, 0.15) is 0 Å². The van der Waals surface area contributed by atoms with E-state index in [0.29, 0.717) is 5.33 Å². The highest BCUT2D eigenvalue weighted by molar-refractivity contribution is 9.09. The number of aliphatic imine (C=N–C) groups is 1. The van der Waals surface area contributed by atoms with E-state index < -0.39 is 0 Å². The molecule has 0 saturated carbocycles. The molecule has 0 saturated heterocycles. The number of hydrogen-bond donors (Lipinski definition) is 0. The molecule has 0 unspecified atom stereocenters. The van der Waals surface area contributed by atoms with Crippen LogP contribution in [-0.2, 0) is 0 Å². The van der Waals surface area contributed by atoms with Crippen LogP contribution in [-0.4, -0.2) is 10.5 Å². The lowest BCUT2D eigenvalue weighted by Gasteiger charge is -1.93. The summed E-state index contributed by atoms with van der Waals surface area (Å²) >= 11 is 7.76. The molecule has 0 radical (unpaired) electrons. The topological polar surface area (TPSA) is 12.4 Å². The lowest BCUT2D eigenvalue weighted by atomic mass is 10.2. The Balaban J connectivity index is 3.11. The van der Waals surface area contributed by atoms with Gasteiger partial charge in [0.15, 0.2) is 0 Å². The van der Waals surface area contributed by atoms with E-state index in [4.69, 9.17) is 0 Å². The van der Waals surface area contributed by atoms with Crippen molar-refractivity contribution in [1.82, 2.24) is 0 Å². The summed E-state index contributed by atoms with van der Waals surface area (Å²) in [6.45, 7) is 0. The van der Waals surface area contributed by atoms with E-state index in [1.807, 2.05) is 24.3 Å². The molecule has 0 aliphatic carbocycles. The smallest absolute Gasteiger partial charge is 0.0895 e. The second kappa shape index (κ2) is 5.66. The van der Waals surface area contributed by atoms with E-state index in [0.717, 1.165) is 11.3 Å². The van der Waals surface area contributed by atoms with Crippen molar-refractivity contribution in [2.45, 2.75) is 0 Å². The average Bonchev–Trinajstić information content (AvgIpc) is 2.17. The maximum absolute atomic E-state index is 4.53. The van der Waals surface area contributed by atoms with Gasteiger partial charge in [-0.05, 0) is 24.4 Å². The van der Waals surface area contributed by atoms with Gasteiger partial charge in [0.2, 0.25) is 0 Å². The van der Waals surface area contributed by atoms with Crippen LogP contribution in [0.3, 0.4) is 0 Å². The molecule has 0 aliphatic heterocycles. The normalized spacial score (nSPS) is 8.08. The molecular weight excluding hydrogens is 246 g/mol. The third-order valence-electron chi connectivity index (χ3n) is 1.36. The summed E-state index contributed by atoms with van der Waals surface area (Å²) in [5.74, 6) is 5.88. The molecule has 0 bridgehead atoms. The lowest BCUT2D eigenvalue weighted by molar-refractivity contribution is 1.51. The number of isothiocyanates is 1. The number of alkyl halides is 1. The van der Waals surface area contributed by atoms with Gasteiger partial charge in [0.05, 0.1) is 21.7 Å². The van der Waals surface area contributed by atoms with Gasteiger partial charge in [-0.15, -0.1) is 0 Å². The largest absolute Gasteiger partial charge is 0.193 e. The molecule has 1 nitrogen and oxygen atoms in total. The Morgan fingerprint density at radius 2 is 2.15 bits per heavy atom. The second-order valence-corrected chi connectivity index (χ2v) is 2.90. The van der Waals surface area contributed by atoms with Crippen LogP contribution >= 0.6 is 28.1 Å². The van der Waals surface area contributed by atoms with Crippen molar-refractivity contribution in [2.75, 3.05) is 5.33 Å². The molecule has 0 spiro atoms. The van der Waals surface area contributed by atoms with Crippen molar-refractivity contribution in [1.29, 1.82) is 0 Å². The van der Waals surface area contributed by atoms with Crippen molar-refractivity contribution in [3.05, 3.63) is 29.8 Å². The van der Waals surface area contributed by atoms with Gasteiger partial charge in [-0.2, -0.15) is 4.99 Å². The molecule has 13 heavy (non-hydrogen) atoms. The summed E-state index contributed by atoms with van der Waals surface area (Å²) in [5.41, 5.74) is 1.64. The van der Waals surface area contributed by atoms with E-state index in [9.17, 15) is 0 Å². The summed E-state index contributed by atoms with van der Waals surface area (Å²) in [4.78, 5) is 3.91. The highest BCUT2D eigenvalue weighted by atomic mass is 79.9. The second-order valence-electron chi connectivity index (χ2n) is 2.16. The molecule has 1 rings (SSSR count). The van der Waals surface area contributed by atoms with Crippen molar-refractivity contribution < 1.29 is 0 Å². The van der Waals surface area contributed by atoms with Crippen LogP contribution in [0.2, 0.25) is 0 Å². The summed E-state index contributed by atoms with van der Waals surface area (Å²) in [7, 11) is 0. The number of para-hydroxylation sites is 1. The fraction of sp³-hybridized carbons (Fsp3) is 0.100. The Bertz CT molecular complexity index is 397. The maximum Gasteiger partial charge on any atom is 0.0895 e. The summed E-state index contributed by atoms with van der Waals surface area (Å²) in [6, 6.07) is 7.57. The van der Waals surface area contributed by atoms with Crippen LogP contribution in [0.25, 0.3) is 0 Å². The first kappa shape index (κ1) is 10.1. The minimum Gasteiger partial charge on any atom is -0.193 e. The van der Waals surface area contributed by atoms with Gasteiger partial charge < -0.3 is 0 Å². The molecule has 3 heteroatoms. The van der Waals surface area contributed by atoms with Crippen LogP contribution in [0.15, 0.2) is 29.3 Å². The average molecular weight is 252 g/mol. The summed E-state index contributed by atoms with van der Waals surface area (Å²) < 4.78 is 0. The number of hydrogen-bond acceptors (Lipinski definition) is 2. The number of thiocarbonyl (C=S) groups is 1. The molecule has 0 aliphatic rings. The zero-order valence-electron chi connectivity index (χ0n) is 6.75. The SMILES string of the molecule is S=C=Nc1ccccc1C#CCBr.